The van der Waals surface area contributed by atoms with E-state index >= 15 is 0 Å². The first-order valence-corrected chi connectivity index (χ1v) is 12.5. The van der Waals surface area contributed by atoms with Crippen LogP contribution in [-0.2, 0) is 0 Å². The van der Waals surface area contributed by atoms with Crippen molar-refractivity contribution < 1.29 is 4.74 Å². The van der Waals surface area contributed by atoms with Crippen molar-refractivity contribution in [2.75, 3.05) is 44.1 Å². The van der Waals surface area contributed by atoms with Gasteiger partial charge in [0, 0.05) is 43.2 Å². The van der Waals surface area contributed by atoms with Crippen LogP contribution in [0.3, 0.4) is 0 Å². The minimum atomic E-state index is -0.202. The van der Waals surface area contributed by atoms with Crippen LogP contribution in [-0.4, -0.2) is 63.6 Å². The predicted octanol–water partition coefficient (Wildman–Crippen LogP) is 3.89. The standard InChI is InChI=1S/C25H26N6O2S/c1-33-22-13-26-12-21(29-22)20-11-17-7-8-27-25(32)23(17)24(30-20)28-19-5-3-16(4-6-19)18-14-31(15-18)9-10-34-2/h3-8,11-13,18H,9-10,14-15H2,1-2H3,(H,27,32)(H,28,30). The smallest absolute Gasteiger partial charge is 0.259 e. The number of rotatable bonds is 8. The molecule has 0 spiro atoms. The lowest BCUT2D eigenvalue weighted by Gasteiger charge is -2.39. The summed E-state index contributed by atoms with van der Waals surface area (Å²) in [5.41, 5.74) is 3.17. The molecule has 34 heavy (non-hydrogen) atoms. The molecule has 2 N–H and O–H groups in total. The maximum Gasteiger partial charge on any atom is 0.259 e. The Kier molecular flexibility index (Phi) is 6.46. The lowest BCUT2D eigenvalue weighted by atomic mass is 9.91. The van der Waals surface area contributed by atoms with E-state index in [1.54, 1.807) is 25.7 Å². The van der Waals surface area contributed by atoms with Crippen LogP contribution in [0.2, 0.25) is 0 Å². The van der Waals surface area contributed by atoms with E-state index in [0.29, 0.717) is 34.4 Å². The van der Waals surface area contributed by atoms with Crippen LogP contribution < -0.4 is 15.6 Å². The first kappa shape index (κ1) is 22.4. The quantitative estimate of drug-likeness (QED) is 0.397. The van der Waals surface area contributed by atoms with E-state index in [1.807, 2.05) is 36.0 Å². The van der Waals surface area contributed by atoms with Crippen molar-refractivity contribution in [3.63, 3.8) is 0 Å². The topological polar surface area (TPSA) is 96.0 Å². The first-order chi connectivity index (χ1) is 16.6. The Hall–Kier alpha value is -3.43. The summed E-state index contributed by atoms with van der Waals surface area (Å²) in [4.78, 5) is 31.2. The van der Waals surface area contributed by atoms with Crippen LogP contribution in [0.4, 0.5) is 11.5 Å². The molecule has 0 atom stereocenters. The third-order valence-electron chi connectivity index (χ3n) is 6.05. The van der Waals surface area contributed by atoms with Gasteiger partial charge in [-0.25, -0.2) is 9.97 Å². The third-order valence-corrected chi connectivity index (χ3v) is 6.64. The van der Waals surface area contributed by atoms with E-state index in [4.69, 9.17) is 9.72 Å². The number of ether oxygens (including phenoxy) is 1. The van der Waals surface area contributed by atoms with Gasteiger partial charge in [-0.1, -0.05) is 12.1 Å². The van der Waals surface area contributed by atoms with E-state index in [0.717, 1.165) is 30.7 Å². The van der Waals surface area contributed by atoms with Gasteiger partial charge in [-0.05, 0) is 41.5 Å². The summed E-state index contributed by atoms with van der Waals surface area (Å²) >= 11 is 1.89. The fourth-order valence-corrected chi connectivity index (χ4v) is 4.61. The molecular weight excluding hydrogens is 448 g/mol. The Balaban J connectivity index is 1.42. The third kappa shape index (κ3) is 4.62. The summed E-state index contributed by atoms with van der Waals surface area (Å²) in [6, 6.07) is 12.1. The highest BCUT2D eigenvalue weighted by Crippen LogP contribution is 2.30. The van der Waals surface area contributed by atoms with Gasteiger partial charge in [0.05, 0.1) is 30.6 Å². The SMILES string of the molecule is COc1cncc(-c2cc3cc[nH]c(=O)c3c(Nc3ccc(C4CN(CCSC)C4)cc3)n2)n1. The number of thioether (sulfide) groups is 1. The monoisotopic (exact) mass is 474 g/mol. The van der Waals surface area contributed by atoms with E-state index in [2.05, 4.69) is 43.6 Å². The number of anilines is 2. The molecule has 0 saturated carbocycles. The van der Waals surface area contributed by atoms with Crippen LogP contribution in [0, 0.1) is 0 Å². The molecule has 1 aliphatic rings. The minimum Gasteiger partial charge on any atom is -0.480 e. The zero-order valence-electron chi connectivity index (χ0n) is 19.1. The van der Waals surface area contributed by atoms with Crippen molar-refractivity contribution in [2.24, 2.45) is 0 Å². The van der Waals surface area contributed by atoms with E-state index in [9.17, 15) is 4.79 Å². The highest BCUT2D eigenvalue weighted by molar-refractivity contribution is 7.98. The summed E-state index contributed by atoms with van der Waals surface area (Å²) in [6.45, 7) is 3.37. The molecule has 0 radical (unpaired) electrons. The van der Waals surface area contributed by atoms with Crippen molar-refractivity contribution in [1.82, 2.24) is 24.8 Å². The molecule has 4 aromatic rings. The maximum absolute atomic E-state index is 12.6. The van der Waals surface area contributed by atoms with Crippen molar-refractivity contribution in [3.05, 3.63) is 70.9 Å². The molecule has 9 heteroatoms. The molecule has 3 aromatic heterocycles. The second kappa shape index (κ2) is 9.82. The number of methoxy groups -OCH3 is 1. The van der Waals surface area contributed by atoms with Gasteiger partial charge in [-0.2, -0.15) is 11.8 Å². The number of hydrogen-bond donors (Lipinski definition) is 2. The van der Waals surface area contributed by atoms with E-state index in [-0.39, 0.29) is 5.56 Å². The minimum absolute atomic E-state index is 0.202. The lowest BCUT2D eigenvalue weighted by molar-refractivity contribution is 0.159. The number of H-pyrrole nitrogens is 1. The van der Waals surface area contributed by atoms with E-state index in [1.165, 1.54) is 11.3 Å². The largest absolute Gasteiger partial charge is 0.480 e. The second-order valence-corrected chi connectivity index (χ2v) is 9.26. The number of hydrogen-bond acceptors (Lipinski definition) is 8. The highest BCUT2D eigenvalue weighted by Gasteiger charge is 2.27. The van der Waals surface area contributed by atoms with Crippen LogP contribution in [0.5, 0.6) is 5.88 Å². The molecule has 5 rings (SSSR count). The second-order valence-electron chi connectivity index (χ2n) is 8.27. The first-order valence-electron chi connectivity index (χ1n) is 11.1. The van der Waals surface area contributed by atoms with Gasteiger partial charge in [0.25, 0.3) is 5.56 Å². The molecule has 0 amide bonds. The van der Waals surface area contributed by atoms with Crippen LogP contribution >= 0.6 is 11.8 Å². The molecular formula is C25H26N6O2S. The van der Waals surface area contributed by atoms with Gasteiger partial charge in [0.1, 0.15) is 11.5 Å². The average Bonchev–Trinajstić information content (AvgIpc) is 2.84. The summed E-state index contributed by atoms with van der Waals surface area (Å²) in [6.07, 6.45) is 6.95. The molecule has 1 aromatic carbocycles. The molecule has 0 unspecified atom stereocenters. The van der Waals surface area contributed by atoms with Crippen molar-refractivity contribution >= 4 is 34.0 Å². The van der Waals surface area contributed by atoms with Gasteiger partial charge in [-0.3, -0.25) is 9.78 Å². The van der Waals surface area contributed by atoms with E-state index < -0.39 is 0 Å². The zero-order chi connectivity index (χ0) is 23.5. The number of aromatic amines is 1. The predicted molar refractivity (Wildman–Crippen MR) is 137 cm³/mol. The Morgan fingerprint density at radius 3 is 2.74 bits per heavy atom. The van der Waals surface area contributed by atoms with Crippen molar-refractivity contribution in [2.45, 2.75) is 5.92 Å². The van der Waals surface area contributed by atoms with Gasteiger partial charge >= 0.3 is 0 Å². The lowest BCUT2D eigenvalue weighted by Crippen LogP contribution is -2.45. The van der Waals surface area contributed by atoms with Crippen molar-refractivity contribution in [3.8, 4) is 17.3 Å². The fraction of sp³-hybridized carbons (Fsp3) is 0.280. The molecule has 174 valence electrons. The van der Waals surface area contributed by atoms with Gasteiger partial charge in [-0.15, -0.1) is 0 Å². The fourth-order valence-electron chi connectivity index (χ4n) is 4.16. The molecule has 1 aliphatic heterocycles. The Bertz CT molecular complexity index is 1350. The normalized spacial score (nSPS) is 14.2. The van der Waals surface area contributed by atoms with Crippen LogP contribution in [0.25, 0.3) is 22.2 Å². The molecule has 0 aliphatic carbocycles. The Morgan fingerprint density at radius 2 is 1.97 bits per heavy atom. The summed E-state index contributed by atoms with van der Waals surface area (Å²) < 4.78 is 5.20. The zero-order valence-corrected chi connectivity index (χ0v) is 19.9. The summed E-state index contributed by atoms with van der Waals surface area (Å²) in [5.74, 6) is 2.63. The Labute approximate surface area is 201 Å². The average molecular weight is 475 g/mol. The maximum atomic E-state index is 12.6. The van der Waals surface area contributed by atoms with Gasteiger partial charge in [0.2, 0.25) is 5.88 Å². The van der Waals surface area contributed by atoms with Crippen molar-refractivity contribution in [1.29, 1.82) is 0 Å². The number of pyridine rings is 2. The molecule has 0 bridgehead atoms. The van der Waals surface area contributed by atoms with Crippen LogP contribution in [0.15, 0.2) is 59.8 Å². The molecule has 8 nitrogen and oxygen atoms in total. The number of fused-ring (bicyclic) bond motifs is 1. The number of benzene rings is 1. The Morgan fingerprint density at radius 1 is 1.15 bits per heavy atom. The summed E-state index contributed by atoms with van der Waals surface area (Å²) in [5, 5.41) is 4.60. The molecule has 4 heterocycles. The summed E-state index contributed by atoms with van der Waals surface area (Å²) in [7, 11) is 1.54. The number of nitrogens with one attached hydrogen (secondary N) is 2. The highest BCUT2D eigenvalue weighted by atomic mass is 32.2. The van der Waals surface area contributed by atoms with Gasteiger partial charge < -0.3 is 19.9 Å². The number of likely N-dealkylation sites (tertiary alicyclic amines) is 1. The van der Waals surface area contributed by atoms with Crippen LogP contribution in [0.1, 0.15) is 11.5 Å². The molecule has 1 saturated heterocycles. The number of aromatic nitrogens is 4. The van der Waals surface area contributed by atoms with Gasteiger partial charge in [0.15, 0.2) is 0 Å². The molecule has 1 fully saturated rings. The number of nitrogens with zero attached hydrogens (tertiary/aromatic N) is 4.